The molecule has 0 aromatic heterocycles. The van der Waals surface area contributed by atoms with Crippen molar-refractivity contribution < 1.29 is 14.8 Å². The summed E-state index contributed by atoms with van der Waals surface area (Å²) in [5.74, 6) is -0.257. The first kappa shape index (κ1) is 12.7. The van der Waals surface area contributed by atoms with Crippen LogP contribution in [-0.4, -0.2) is 19.6 Å². The van der Waals surface area contributed by atoms with Crippen molar-refractivity contribution in [3.63, 3.8) is 0 Å². The summed E-state index contributed by atoms with van der Waals surface area (Å²) in [5.41, 5.74) is 1.02. The molecule has 1 fully saturated rings. The SMILES string of the molecule is COC(=O)[C@H]1CC[NH2+][C@H]1c1ccc(Cl)c(Cl)c1. The van der Waals surface area contributed by atoms with E-state index in [0.717, 1.165) is 18.5 Å². The molecule has 1 heterocycles. The zero-order chi connectivity index (χ0) is 12.4. The Kier molecular flexibility index (Phi) is 3.92. The Balaban J connectivity index is 2.26. The Morgan fingerprint density at radius 3 is 2.82 bits per heavy atom. The lowest BCUT2D eigenvalue weighted by molar-refractivity contribution is -0.678. The second-order valence-corrected chi connectivity index (χ2v) is 4.96. The smallest absolute Gasteiger partial charge is 0.315 e. The van der Waals surface area contributed by atoms with E-state index in [1.54, 1.807) is 6.07 Å². The van der Waals surface area contributed by atoms with Crippen LogP contribution in [0.15, 0.2) is 18.2 Å². The first-order valence-corrected chi connectivity index (χ1v) is 6.25. The minimum atomic E-state index is -0.158. The molecule has 17 heavy (non-hydrogen) atoms. The number of quaternary nitrogens is 1. The fourth-order valence-electron chi connectivity index (χ4n) is 2.30. The van der Waals surface area contributed by atoms with Gasteiger partial charge in [0.2, 0.25) is 0 Å². The number of carbonyl (C=O) groups is 1. The molecule has 0 aliphatic carbocycles. The van der Waals surface area contributed by atoms with Crippen molar-refractivity contribution in [2.45, 2.75) is 12.5 Å². The van der Waals surface area contributed by atoms with Gasteiger partial charge in [-0.05, 0) is 12.1 Å². The van der Waals surface area contributed by atoms with Crippen molar-refractivity contribution >= 4 is 29.2 Å². The van der Waals surface area contributed by atoms with E-state index >= 15 is 0 Å². The van der Waals surface area contributed by atoms with Crippen LogP contribution >= 0.6 is 23.2 Å². The van der Waals surface area contributed by atoms with Gasteiger partial charge in [-0.2, -0.15) is 0 Å². The van der Waals surface area contributed by atoms with Crippen LogP contribution in [0.1, 0.15) is 18.0 Å². The van der Waals surface area contributed by atoms with Gasteiger partial charge in [-0.3, -0.25) is 4.79 Å². The summed E-state index contributed by atoms with van der Waals surface area (Å²) in [6.07, 6.45) is 0.831. The molecule has 0 spiro atoms. The molecular weight excluding hydrogens is 261 g/mol. The average molecular weight is 275 g/mol. The number of nitrogens with two attached hydrogens (primary N) is 1. The van der Waals surface area contributed by atoms with Crippen molar-refractivity contribution in [3.8, 4) is 0 Å². The van der Waals surface area contributed by atoms with Crippen molar-refractivity contribution in [2.24, 2.45) is 5.92 Å². The molecular formula is C12H14Cl2NO2+. The first-order valence-electron chi connectivity index (χ1n) is 5.49. The Hall–Kier alpha value is -0.770. The van der Waals surface area contributed by atoms with Crippen molar-refractivity contribution in [2.75, 3.05) is 13.7 Å². The van der Waals surface area contributed by atoms with E-state index in [2.05, 4.69) is 5.32 Å². The van der Waals surface area contributed by atoms with Crippen LogP contribution < -0.4 is 5.32 Å². The Morgan fingerprint density at radius 1 is 1.41 bits per heavy atom. The summed E-state index contributed by atoms with van der Waals surface area (Å²) >= 11 is 11.9. The number of hydrogen-bond donors (Lipinski definition) is 1. The van der Waals surface area contributed by atoms with Gasteiger partial charge in [0.05, 0.1) is 23.7 Å². The standard InChI is InChI=1S/C12H13Cl2NO2/c1-17-12(16)8-4-5-15-11(8)7-2-3-9(13)10(14)6-7/h2-3,6,8,11,15H,4-5H2,1H3/p+1/t8-,11-/m0/s1. The number of ether oxygens (including phenoxy) is 1. The lowest BCUT2D eigenvalue weighted by atomic mass is 9.94. The fourth-order valence-corrected chi connectivity index (χ4v) is 2.61. The van der Waals surface area contributed by atoms with E-state index in [1.165, 1.54) is 7.11 Å². The fraction of sp³-hybridized carbons (Fsp3) is 0.417. The average Bonchev–Trinajstić information content (AvgIpc) is 2.80. The third kappa shape index (κ3) is 2.57. The molecule has 3 nitrogen and oxygen atoms in total. The second-order valence-electron chi connectivity index (χ2n) is 4.14. The summed E-state index contributed by atoms with van der Waals surface area (Å²) in [6, 6.07) is 5.58. The molecule has 2 rings (SSSR count). The molecule has 2 atom stereocenters. The van der Waals surface area contributed by atoms with Gasteiger partial charge in [0, 0.05) is 12.0 Å². The maximum atomic E-state index is 11.6. The zero-order valence-corrected chi connectivity index (χ0v) is 11.0. The van der Waals surface area contributed by atoms with Crippen LogP contribution in [0.25, 0.3) is 0 Å². The summed E-state index contributed by atoms with van der Waals surface area (Å²) in [5, 5.41) is 3.19. The molecule has 92 valence electrons. The maximum absolute atomic E-state index is 11.6. The zero-order valence-electron chi connectivity index (χ0n) is 9.45. The molecule has 1 aliphatic rings. The summed E-state index contributed by atoms with van der Waals surface area (Å²) in [7, 11) is 1.42. The van der Waals surface area contributed by atoms with Crippen LogP contribution in [0.5, 0.6) is 0 Å². The summed E-state index contributed by atoms with van der Waals surface area (Å²) < 4.78 is 4.82. The molecule has 1 saturated heterocycles. The molecule has 0 amide bonds. The summed E-state index contributed by atoms with van der Waals surface area (Å²) in [6.45, 7) is 0.921. The number of methoxy groups -OCH3 is 1. The molecule has 1 aromatic rings. The molecule has 2 N–H and O–H groups in total. The molecule has 5 heteroatoms. The molecule has 0 bridgehead atoms. The minimum absolute atomic E-state index is 0.0808. The van der Waals surface area contributed by atoms with Crippen LogP contribution in [0.2, 0.25) is 10.0 Å². The van der Waals surface area contributed by atoms with Crippen LogP contribution in [-0.2, 0) is 9.53 Å². The number of hydrogen-bond acceptors (Lipinski definition) is 2. The number of benzene rings is 1. The van der Waals surface area contributed by atoms with E-state index in [9.17, 15) is 4.79 Å². The topological polar surface area (TPSA) is 42.9 Å². The first-order chi connectivity index (χ1) is 8.13. The van der Waals surface area contributed by atoms with Gasteiger partial charge < -0.3 is 10.1 Å². The van der Waals surface area contributed by atoms with Crippen LogP contribution in [0.3, 0.4) is 0 Å². The highest BCUT2D eigenvalue weighted by Gasteiger charge is 2.38. The van der Waals surface area contributed by atoms with E-state index in [4.69, 9.17) is 27.9 Å². The van der Waals surface area contributed by atoms with Gasteiger partial charge in [-0.25, -0.2) is 0 Å². The van der Waals surface area contributed by atoms with Crippen molar-refractivity contribution in [3.05, 3.63) is 33.8 Å². The van der Waals surface area contributed by atoms with Crippen molar-refractivity contribution in [1.29, 1.82) is 0 Å². The van der Waals surface area contributed by atoms with Crippen LogP contribution in [0.4, 0.5) is 0 Å². The summed E-state index contributed by atoms with van der Waals surface area (Å²) in [4.78, 5) is 11.6. The Bertz CT molecular complexity index is 437. The van der Waals surface area contributed by atoms with Gasteiger partial charge in [-0.15, -0.1) is 0 Å². The molecule has 0 saturated carbocycles. The predicted octanol–water partition coefficient (Wildman–Crippen LogP) is 1.79. The normalized spacial score (nSPS) is 23.7. The van der Waals surface area contributed by atoms with E-state index in [1.807, 2.05) is 12.1 Å². The maximum Gasteiger partial charge on any atom is 0.315 e. The van der Waals surface area contributed by atoms with E-state index in [0.29, 0.717) is 10.0 Å². The number of esters is 1. The van der Waals surface area contributed by atoms with E-state index < -0.39 is 0 Å². The molecule has 0 unspecified atom stereocenters. The highest BCUT2D eigenvalue weighted by molar-refractivity contribution is 6.42. The largest absolute Gasteiger partial charge is 0.469 e. The molecule has 1 aliphatic heterocycles. The Morgan fingerprint density at radius 2 is 2.18 bits per heavy atom. The second kappa shape index (κ2) is 5.25. The lowest BCUT2D eigenvalue weighted by Crippen LogP contribution is -2.82. The number of halogens is 2. The molecule has 0 radical (unpaired) electrons. The number of carbonyl (C=O) groups excluding carboxylic acids is 1. The monoisotopic (exact) mass is 274 g/mol. The van der Waals surface area contributed by atoms with Gasteiger partial charge in [-0.1, -0.05) is 29.3 Å². The molecule has 1 aromatic carbocycles. The third-order valence-corrected chi connectivity index (χ3v) is 3.90. The van der Waals surface area contributed by atoms with Gasteiger partial charge in [0.15, 0.2) is 0 Å². The van der Waals surface area contributed by atoms with Crippen LogP contribution in [0, 0.1) is 5.92 Å². The van der Waals surface area contributed by atoms with Gasteiger partial charge >= 0.3 is 5.97 Å². The van der Waals surface area contributed by atoms with Gasteiger partial charge in [0.25, 0.3) is 0 Å². The van der Waals surface area contributed by atoms with Crippen molar-refractivity contribution in [1.82, 2.24) is 0 Å². The quantitative estimate of drug-likeness (QED) is 0.836. The third-order valence-electron chi connectivity index (χ3n) is 3.16. The Labute approximate surface area is 110 Å². The highest BCUT2D eigenvalue weighted by atomic mass is 35.5. The minimum Gasteiger partial charge on any atom is -0.469 e. The highest BCUT2D eigenvalue weighted by Crippen LogP contribution is 2.30. The van der Waals surface area contributed by atoms with E-state index in [-0.39, 0.29) is 17.9 Å². The predicted molar refractivity (Wildman–Crippen MR) is 66.1 cm³/mol. The number of rotatable bonds is 2. The van der Waals surface area contributed by atoms with Gasteiger partial charge in [0.1, 0.15) is 12.0 Å². The lowest BCUT2D eigenvalue weighted by Gasteiger charge is -2.15.